The Labute approximate surface area is 134 Å². The molecule has 3 rings (SSSR count). The number of rotatable bonds is 3. The van der Waals surface area contributed by atoms with E-state index in [9.17, 15) is 4.79 Å². The number of carbonyl (C=O) groups excluding carboxylic acids is 1. The Bertz CT molecular complexity index is 641. The van der Waals surface area contributed by atoms with Crippen molar-refractivity contribution in [1.29, 1.82) is 0 Å². The van der Waals surface area contributed by atoms with Crippen LogP contribution in [-0.2, 0) is 9.53 Å². The number of aromatic nitrogens is 1. The first-order valence-electron chi connectivity index (χ1n) is 6.56. The highest BCUT2D eigenvalue weighted by molar-refractivity contribution is 9.10. The molecule has 1 aliphatic heterocycles. The summed E-state index contributed by atoms with van der Waals surface area (Å²) in [4.78, 5) is 16.5. The highest BCUT2D eigenvalue weighted by atomic mass is 79.9. The van der Waals surface area contributed by atoms with Gasteiger partial charge in [0.15, 0.2) is 5.13 Å². The van der Waals surface area contributed by atoms with E-state index in [1.54, 1.807) is 0 Å². The van der Waals surface area contributed by atoms with Crippen molar-refractivity contribution >= 4 is 38.3 Å². The van der Waals surface area contributed by atoms with Crippen LogP contribution in [0.25, 0.3) is 11.3 Å². The van der Waals surface area contributed by atoms with Gasteiger partial charge in [0.05, 0.1) is 18.9 Å². The van der Waals surface area contributed by atoms with Crippen LogP contribution in [0, 0.1) is 0 Å². The molecule has 1 aliphatic rings. The second-order valence-electron chi connectivity index (χ2n) is 4.62. The smallest absolute Gasteiger partial charge is 0.245 e. The number of nitrogens with zero attached hydrogens (tertiary/aromatic N) is 1. The molecule has 2 aromatic rings. The quantitative estimate of drug-likeness (QED) is 0.874. The fourth-order valence-corrected chi connectivity index (χ4v) is 3.16. The Balaban J connectivity index is 1.69. The van der Waals surface area contributed by atoms with Crippen LogP contribution in [0.4, 0.5) is 5.13 Å². The summed E-state index contributed by atoms with van der Waals surface area (Å²) < 4.78 is 6.29. The maximum atomic E-state index is 12.1. The third-order valence-corrected chi connectivity index (χ3v) is 4.34. The molecule has 0 bridgehead atoms. The van der Waals surface area contributed by atoms with Crippen LogP contribution in [0.3, 0.4) is 0 Å². The van der Waals surface area contributed by atoms with E-state index in [-0.39, 0.29) is 11.9 Å². The first-order chi connectivity index (χ1) is 10.2. The van der Waals surface area contributed by atoms with Crippen molar-refractivity contribution in [2.75, 3.05) is 25.1 Å². The van der Waals surface area contributed by atoms with Crippen LogP contribution in [-0.4, -0.2) is 36.7 Å². The van der Waals surface area contributed by atoms with Crippen molar-refractivity contribution in [1.82, 2.24) is 10.3 Å². The van der Waals surface area contributed by atoms with Gasteiger partial charge in [-0.1, -0.05) is 28.1 Å². The summed E-state index contributed by atoms with van der Waals surface area (Å²) in [5.74, 6) is -0.107. The molecule has 1 atom stereocenters. The maximum absolute atomic E-state index is 12.1. The number of halogens is 1. The van der Waals surface area contributed by atoms with Crippen molar-refractivity contribution in [3.05, 3.63) is 34.1 Å². The second-order valence-corrected chi connectivity index (χ2v) is 6.39. The largest absolute Gasteiger partial charge is 0.378 e. The monoisotopic (exact) mass is 367 g/mol. The summed E-state index contributed by atoms with van der Waals surface area (Å²) >= 11 is 4.86. The van der Waals surface area contributed by atoms with Crippen LogP contribution in [0.15, 0.2) is 34.1 Å². The van der Waals surface area contributed by atoms with Gasteiger partial charge >= 0.3 is 0 Å². The second kappa shape index (κ2) is 6.65. The molecule has 1 fully saturated rings. The molecule has 2 N–H and O–H groups in total. The van der Waals surface area contributed by atoms with Gasteiger partial charge in [-0.25, -0.2) is 4.98 Å². The number of hydrogen-bond acceptors (Lipinski definition) is 5. The molecule has 1 amide bonds. The fourth-order valence-electron chi connectivity index (χ4n) is 2.04. The average molecular weight is 368 g/mol. The Morgan fingerprint density at radius 3 is 3.19 bits per heavy atom. The minimum atomic E-state index is -0.308. The normalized spacial score (nSPS) is 18.4. The van der Waals surface area contributed by atoms with E-state index in [1.807, 2.05) is 29.6 Å². The predicted octanol–water partition coefficient (Wildman–Crippen LogP) is 2.50. The van der Waals surface area contributed by atoms with Crippen LogP contribution < -0.4 is 10.6 Å². The highest BCUT2D eigenvalue weighted by Gasteiger charge is 2.22. The van der Waals surface area contributed by atoms with Crippen LogP contribution in [0.5, 0.6) is 0 Å². The molecule has 1 aromatic heterocycles. The summed E-state index contributed by atoms with van der Waals surface area (Å²) in [5.41, 5.74) is 1.87. The molecule has 0 spiro atoms. The van der Waals surface area contributed by atoms with Gasteiger partial charge in [-0.05, 0) is 12.1 Å². The lowest BCUT2D eigenvalue weighted by Gasteiger charge is -2.22. The van der Waals surface area contributed by atoms with E-state index in [1.165, 1.54) is 11.3 Å². The van der Waals surface area contributed by atoms with Crippen molar-refractivity contribution in [2.45, 2.75) is 6.04 Å². The lowest BCUT2D eigenvalue weighted by molar-refractivity contribution is -0.120. The molecule has 5 nitrogen and oxygen atoms in total. The van der Waals surface area contributed by atoms with Gasteiger partial charge in [-0.2, -0.15) is 0 Å². The van der Waals surface area contributed by atoms with Gasteiger partial charge < -0.3 is 15.4 Å². The van der Waals surface area contributed by atoms with E-state index in [2.05, 4.69) is 31.5 Å². The Morgan fingerprint density at radius 2 is 2.43 bits per heavy atom. The molecule has 0 radical (unpaired) electrons. The molecule has 2 heterocycles. The van der Waals surface area contributed by atoms with Crippen molar-refractivity contribution in [3.8, 4) is 11.3 Å². The first-order valence-corrected chi connectivity index (χ1v) is 8.23. The SMILES string of the molecule is O=C(Nc1nc(-c2cccc(Br)c2)cs1)C1COCCN1. The number of hydrogen-bond donors (Lipinski definition) is 2. The van der Waals surface area contributed by atoms with Gasteiger partial charge in [0, 0.05) is 22.0 Å². The molecular formula is C14H14BrN3O2S. The van der Waals surface area contributed by atoms with Crippen molar-refractivity contribution in [2.24, 2.45) is 0 Å². The zero-order valence-electron chi connectivity index (χ0n) is 11.1. The summed E-state index contributed by atoms with van der Waals surface area (Å²) in [6, 6.07) is 7.60. The van der Waals surface area contributed by atoms with Crippen molar-refractivity contribution in [3.63, 3.8) is 0 Å². The summed E-state index contributed by atoms with van der Waals surface area (Å²) in [7, 11) is 0. The maximum Gasteiger partial charge on any atom is 0.245 e. The topological polar surface area (TPSA) is 63.2 Å². The molecule has 110 valence electrons. The van der Waals surface area contributed by atoms with E-state index >= 15 is 0 Å². The van der Waals surface area contributed by atoms with Crippen LogP contribution in [0.1, 0.15) is 0 Å². The minimum Gasteiger partial charge on any atom is -0.378 e. The van der Waals surface area contributed by atoms with Gasteiger partial charge in [-0.15, -0.1) is 11.3 Å². The molecule has 1 aromatic carbocycles. The van der Waals surface area contributed by atoms with Crippen LogP contribution >= 0.6 is 27.3 Å². The van der Waals surface area contributed by atoms with E-state index in [0.717, 1.165) is 15.7 Å². The molecule has 21 heavy (non-hydrogen) atoms. The third kappa shape index (κ3) is 3.68. The number of benzene rings is 1. The summed E-state index contributed by atoms with van der Waals surface area (Å²) in [5, 5.41) is 8.48. The average Bonchev–Trinajstić information content (AvgIpc) is 2.97. The van der Waals surface area contributed by atoms with Crippen molar-refractivity contribution < 1.29 is 9.53 Å². The predicted molar refractivity (Wildman–Crippen MR) is 86.5 cm³/mol. The Kier molecular flexibility index (Phi) is 4.64. The number of thiazole rings is 1. The minimum absolute atomic E-state index is 0.107. The lowest BCUT2D eigenvalue weighted by Crippen LogP contribution is -2.48. The van der Waals surface area contributed by atoms with Gasteiger partial charge in [-0.3, -0.25) is 4.79 Å². The van der Waals surface area contributed by atoms with Gasteiger partial charge in [0.25, 0.3) is 0 Å². The van der Waals surface area contributed by atoms with E-state index < -0.39 is 0 Å². The lowest BCUT2D eigenvalue weighted by atomic mass is 10.2. The number of ether oxygens (including phenoxy) is 1. The molecule has 0 aliphatic carbocycles. The number of morpholine rings is 1. The standard InChI is InChI=1S/C14H14BrN3O2S/c15-10-3-1-2-9(6-10)12-8-21-14(17-12)18-13(19)11-7-20-5-4-16-11/h1-3,6,8,11,16H,4-5,7H2,(H,17,18,19). The number of anilines is 1. The molecule has 1 saturated heterocycles. The zero-order chi connectivity index (χ0) is 14.7. The molecular weight excluding hydrogens is 354 g/mol. The van der Waals surface area contributed by atoms with Gasteiger partial charge in [0.2, 0.25) is 5.91 Å². The van der Waals surface area contributed by atoms with Crippen LogP contribution in [0.2, 0.25) is 0 Å². The summed E-state index contributed by atoms with van der Waals surface area (Å²) in [6.07, 6.45) is 0. The highest BCUT2D eigenvalue weighted by Crippen LogP contribution is 2.26. The number of amides is 1. The molecule has 1 unspecified atom stereocenters. The fraction of sp³-hybridized carbons (Fsp3) is 0.286. The Morgan fingerprint density at radius 1 is 1.52 bits per heavy atom. The summed E-state index contributed by atoms with van der Waals surface area (Å²) in [6.45, 7) is 1.74. The van der Waals surface area contributed by atoms with Gasteiger partial charge in [0.1, 0.15) is 6.04 Å². The molecule has 7 heteroatoms. The van der Waals surface area contributed by atoms with E-state index in [4.69, 9.17) is 4.74 Å². The van der Waals surface area contributed by atoms with E-state index in [0.29, 0.717) is 24.9 Å². The number of carbonyl (C=O) groups is 1. The number of nitrogens with one attached hydrogen (secondary N) is 2. The molecule has 0 saturated carbocycles. The first kappa shape index (κ1) is 14.6. The zero-order valence-corrected chi connectivity index (χ0v) is 13.5. The third-order valence-electron chi connectivity index (χ3n) is 3.09. The Hall–Kier alpha value is -1.28.